The van der Waals surface area contributed by atoms with Gasteiger partial charge in [0.2, 0.25) is 0 Å². The van der Waals surface area contributed by atoms with Crippen molar-refractivity contribution >= 4 is 12.4 Å². The first-order chi connectivity index (χ1) is 7.68. The van der Waals surface area contributed by atoms with Crippen LogP contribution in [0.15, 0.2) is 48.5 Å². The summed E-state index contributed by atoms with van der Waals surface area (Å²) in [6.07, 6.45) is 0. The normalized spacial score (nSPS) is 11.7. The topological polar surface area (TPSA) is 26.0 Å². The van der Waals surface area contributed by atoms with Gasteiger partial charge in [0.05, 0.1) is 6.04 Å². The molecule has 0 aliphatic carbocycles. The highest BCUT2D eigenvalue weighted by molar-refractivity contribution is 5.85. The lowest BCUT2D eigenvalue weighted by atomic mass is 9.95. The maximum atomic E-state index is 6.27. The van der Waals surface area contributed by atoms with Crippen LogP contribution in [-0.4, -0.2) is 0 Å². The molecular weight excluding hydrogens is 230 g/mol. The van der Waals surface area contributed by atoms with E-state index in [0.29, 0.717) is 0 Å². The van der Waals surface area contributed by atoms with Crippen LogP contribution in [0, 0.1) is 13.8 Å². The maximum absolute atomic E-state index is 6.27. The Morgan fingerprint density at radius 3 is 2.18 bits per heavy atom. The smallest absolute Gasteiger partial charge is 0.0554 e. The molecule has 0 spiro atoms. The van der Waals surface area contributed by atoms with Crippen molar-refractivity contribution in [3.63, 3.8) is 0 Å². The predicted molar refractivity (Wildman–Crippen MR) is 75.6 cm³/mol. The second kappa shape index (κ2) is 5.85. The van der Waals surface area contributed by atoms with E-state index in [1.807, 2.05) is 18.2 Å². The fourth-order valence-electron chi connectivity index (χ4n) is 2.01. The van der Waals surface area contributed by atoms with E-state index in [1.54, 1.807) is 0 Å². The Morgan fingerprint density at radius 1 is 0.941 bits per heavy atom. The first-order valence-corrected chi connectivity index (χ1v) is 5.56. The van der Waals surface area contributed by atoms with E-state index >= 15 is 0 Å². The summed E-state index contributed by atoms with van der Waals surface area (Å²) >= 11 is 0. The van der Waals surface area contributed by atoms with Crippen molar-refractivity contribution in [2.45, 2.75) is 19.9 Å². The summed E-state index contributed by atoms with van der Waals surface area (Å²) in [7, 11) is 0. The molecule has 2 heteroatoms. The zero-order chi connectivity index (χ0) is 11.5. The fourth-order valence-corrected chi connectivity index (χ4v) is 2.01. The molecule has 0 aromatic heterocycles. The van der Waals surface area contributed by atoms with Crippen LogP contribution < -0.4 is 5.73 Å². The summed E-state index contributed by atoms with van der Waals surface area (Å²) in [6.45, 7) is 4.22. The molecule has 0 saturated heterocycles. The molecule has 0 aliphatic rings. The standard InChI is InChI=1S/C15H17N.ClH/c1-11-8-9-14(12(2)10-11)15(16)13-6-4-3-5-7-13;/h3-10,15H,16H2,1-2H3;1H. The number of hydrogen-bond acceptors (Lipinski definition) is 1. The zero-order valence-electron chi connectivity index (χ0n) is 10.2. The van der Waals surface area contributed by atoms with Crippen molar-refractivity contribution in [3.8, 4) is 0 Å². The summed E-state index contributed by atoms with van der Waals surface area (Å²) in [6, 6.07) is 16.6. The van der Waals surface area contributed by atoms with Gasteiger partial charge in [-0.25, -0.2) is 0 Å². The molecule has 1 unspecified atom stereocenters. The average Bonchev–Trinajstić information content (AvgIpc) is 2.29. The molecule has 0 fully saturated rings. The number of rotatable bonds is 2. The molecule has 1 nitrogen and oxygen atoms in total. The van der Waals surface area contributed by atoms with E-state index in [1.165, 1.54) is 16.7 Å². The minimum atomic E-state index is -0.0261. The van der Waals surface area contributed by atoms with Crippen LogP contribution in [0.3, 0.4) is 0 Å². The molecule has 1 atom stereocenters. The SMILES string of the molecule is Cc1ccc(C(N)c2ccccc2)c(C)c1.Cl. The second-order valence-electron chi connectivity index (χ2n) is 4.25. The largest absolute Gasteiger partial charge is 0.320 e. The van der Waals surface area contributed by atoms with Crippen LogP contribution in [0.4, 0.5) is 0 Å². The number of halogens is 1. The van der Waals surface area contributed by atoms with Gasteiger partial charge in [0.1, 0.15) is 0 Å². The quantitative estimate of drug-likeness (QED) is 0.859. The van der Waals surface area contributed by atoms with Crippen LogP contribution in [0.2, 0.25) is 0 Å². The molecule has 0 bridgehead atoms. The number of nitrogens with two attached hydrogens (primary N) is 1. The van der Waals surface area contributed by atoms with E-state index in [0.717, 1.165) is 5.56 Å². The molecule has 0 radical (unpaired) electrons. The number of aryl methyl sites for hydroxylation is 2. The van der Waals surface area contributed by atoms with Gasteiger partial charge in [-0.2, -0.15) is 0 Å². The monoisotopic (exact) mass is 247 g/mol. The van der Waals surface area contributed by atoms with Gasteiger partial charge < -0.3 is 5.73 Å². The Labute approximate surface area is 109 Å². The molecule has 2 N–H and O–H groups in total. The molecular formula is C15H18ClN. The van der Waals surface area contributed by atoms with Crippen LogP contribution in [0.5, 0.6) is 0 Å². The summed E-state index contributed by atoms with van der Waals surface area (Å²) < 4.78 is 0. The molecule has 2 aromatic rings. The lowest BCUT2D eigenvalue weighted by molar-refractivity contribution is 0.861. The zero-order valence-corrected chi connectivity index (χ0v) is 11.0. The molecule has 0 saturated carbocycles. The summed E-state index contributed by atoms with van der Waals surface area (Å²) in [5.41, 5.74) is 11.2. The third-order valence-electron chi connectivity index (χ3n) is 2.92. The van der Waals surface area contributed by atoms with Gasteiger partial charge in [0.25, 0.3) is 0 Å². The average molecular weight is 248 g/mol. The third-order valence-corrected chi connectivity index (χ3v) is 2.92. The van der Waals surface area contributed by atoms with Crippen molar-refractivity contribution in [1.82, 2.24) is 0 Å². The van der Waals surface area contributed by atoms with E-state index < -0.39 is 0 Å². The van der Waals surface area contributed by atoms with Gasteiger partial charge in [-0.3, -0.25) is 0 Å². The minimum Gasteiger partial charge on any atom is -0.320 e. The van der Waals surface area contributed by atoms with Crippen LogP contribution in [0.25, 0.3) is 0 Å². The molecule has 90 valence electrons. The Kier molecular flexibility index (Phi) is 4.73. The highest BCUT2D eigenvalue weighted by Gasteiger charge is 2.10. The van der Waals surface area contributed by atoms with Crippen LogP contribution >= 0.6 is 12.4 Å². The Balaban J connectivity index is 0.00000144. The van der Waals surface area contributed by atoms with Gasteiger partial charge in [0.15, 0.2) is 0 Å². The lowest BCUT2D eigenvalue weighted by Crippen LogP contribution is -2.13. The summed E-state index contributed by atoms with van der Waals surface area (Å²) in [4.78, 5) is 0. The molecule has 0 amide bonds. The van der Waals surface area contributed by atoms with E-state index in [2.05, 4.69) is 44.2 Å². The van der Waals surface area contributed by atoms with E-state index in [9.17, 15) is 0 Å². The molecule has 0 heterocycles. The van der Waals surface area contributed by atoms with Gasteiger partial charge in [0, 0.05) is 0 Å². The highest BCUT2D eigenvalue weighted by Crippen LogP contribution is 2.22. The maximum Gasteiger partial charge on any atom is 0.0554 e. The van der Waals surface area contributed by atoms with E-state index in [-0.39, 0.29) is 18.4 Å². The van der Waals surface area contributed by atoms with Crippen LogP contribution in [0.1, 0.15) is 28.3 Å². The van der Waals surface area contributed by atoms with Gasteiger partial charge >= 0.3 is 0 Å². The van der Waals surface area contributed by atoms with Crippen molar-refractivity contribution in [2.24, 2.45) is 5.73 Å². The number of benzene rings is 2. The summed E-state index contributed by atoms with van der Waals surface area (Å²) in [5, 5.41) is 0. The van der Waals surface area contributed by atoms with Crippen molar-refractivity contribution in [3.05, 3.63) is 70.8 Å². The van der Waals surface area contributed by atoms with E-state index in [4.69, 9.17) is 5.73 Å². The van der Waals surface area contributed by atoms with Gasteiger partial charge in [-0.1, -0.05) is 54.1 Å². The molecule has 17 heavy (non-hydrogen) atoms. The first-order valence-electron chi connectivity index (χ1n) is 5.56. The first kappa shape index (κ1) is 13.8. The van der Waals surface area contributed by atoms with Crippen molar-refractivity contribution in [2.75, 3.05) is 0 Å². The second-order valence-corrected chi connectivity index (χ2v) is 4.25. The summed E-state index contributed by atoms with van der Waals surface area (Å²) in [5.74, 6) is 0. The van der Waals surface area contributed by atoms with Crippen molar-refractivity contribution in [1.29, 1.82) is 0 Å². The molecule has 0 aliphatic heterocycles. The minimum absolute atomic E-state index is 0. The van der Waals surface area contributed by atoms with Gasteiger partial charge in [-0.15, -0.1) is 12.4 Å². The number of hydrogen-bond donors (Lipinski definition) is 1. The fraction of sp³-hybridized carbons (Fsp3) is 0.200. The van der Waals surface area contributed by atoms with Gasteiger partial charge in [-0.05, 0) is 30.5 Å². The molecule has 2 rings (SSSR count). The Morgan fingerprint density at radius 2 is 1.59 bits per heavy atom. The van der Waals surface area contributed by atoms with Crippen LogP contribution in [-0.2, 0) is 0 Å². The van der Waals surface area contributed by atoms with Crippen molar-refractivity contribution < 1.29 is 0 Å². The predicted octanol–water partition coefficient (Wildman–Crippen LogP) is 3.77. The lowest BCUT2D eigenvalue weighted by Gasteiger charge is -2.15. The molecule has 2 aromatic carbocycles. The third kappa shape index (κ3) is 3.09. The Hall–Kier alpha value is -1.31. The highest BCUT2D eigenvalue weighted by atomic mass is 35.5. The Bertz CT molecular complexity index is 480.